The molecule has 142 valence electrons. The van der Waals surface area contributed by atoms with Gasteiger partial charge < -0.3 is 9.53 Å². The number of Topliss-reactive ketones (excluding diaryl/α,β-unsaturated/α-hetero) is 1. The average Bonchev–Trinajstić information content (AvgIpc) is 2.47. The number of hydrogen-bond donors (Lipinski definition) is 0. The maximum absolute atomic E-state index is 12.7. The van der Waals surface area contributed by atoms with E-state index in [1.54, 1.807) is 0 Å². The number of alkyl halides is 6. The molecule has 8 heteroatoms. The number of rotatable bonds is 9. The van der Waals surface area contributed by atoms with E-state index in [1.165, 1.54) is 6.92 Å². The van der Waals surface area contributed by atoms with Crippen molar-refractivity contribution in [1.29, 1.82) is 0 Å². The average molecular weight is 370 g/mol. The predicted octanol–water partition coefficient (Wildman–Crippen LogP) is 5.78. The zero-order chi connectivity index (χ0) is 19.1. The molecule has 0 bridgehead atoms. The lowest BCUT2D eigenvalue weighted by atomic mass is 10.1. The Morgan fingerprint density at radius 3 is 1.88 bits per heavy atom. The van der Waals surface area contributed by atoms with Crippen LogP contribution in [0, 0.1) is 0 Å². The Hall–Kier alpha value is -1.57. The molecule has 0 amide bonds. The minimum Gasteiger partial charge on any atom is -0.377 e. The second kappa shape index (κ2) is 9.22. The quantitative estimate of drug-likeness (QED) is 0.407. The molecule has 0 atom stereocenters. The summed E-state index contributed by atoms with van der Waals surface area (Å²) in [5.41, 5.74) is -2.85. The van der Waals surface area contributed by atoms with Crippen LogP contribution in [0.2, 0.25) is 0 Å². The van der Waals surface area contributed by atoms with E-state index in [2.05, 4.69) is 0 Å². The molecule has 0 fully saturated rings. The minimum atomic E-state index is -4.85. The molecule has 0 aliphatic rings. The third-order valence-corrected chi connectivity index (χ3v) is 3.48. The normalized spacial score (nSPS) is 12.4. The second-order valence-electron chi connectivity index (χ2n) is 5.83. The lowest BCUT2D eigenvalue weighted by molar-refractivity contribution is -0.143. The van der Waals surface area contributed by atoms with Crippen LogP contribution in [0.15, 0.2) is 18.2 Å². The van der Waals surface area contributed by atoms with Gasteiger partial charge in [-0.25, -0.2) is 0 Å². The fourth-order valence-corrected chi connectivity index (χ4v) is 2.22. The molecule has 0 saturated carbocycles. The number of carbonyl (C=O) groups is 1. The van der Waals surface area contributed by atoms with E-state index in [1.807, 2.05) is 0 Å². The molecule has 0 saturated heterocycles. The Morgan fingerprint density at radius 1 is 0.880 bits per heavy atom. The molecule has 0 spiro atoms. The highest BCUT2D eigenvalue weighted by atomic mass is 19.4. The van der Waals surface area contributed by atoms with Crippen molar-refractivity contribution in [2.45, 2.75) is 58.0 Å². The third kappa shape index (κ3) is 8.38. The van der Waals surface area contributed by atoms with Crippen molar-refractivity contribution in [2.75, 3.05) is 6.61 Å². The van der Waals surface area contributed by atoms with Crippen molar-refractivity contribution in [3.05, 3.63) is 34.9 Å². The number of carbonyl (C=O) groups excluding carboxylic acids is 1. The number of ketones is 1. The zero-order valence-electron chi connectivity index (χ0n) is 13.8. The van der Waals surface area contributed by atoms with Crippen molar-refractivity contribution in [1.82, 2.24) is 0 Å². The second-order valence-corrected chi connectivity index (χ2v) is 5.83. The van der Waals surface area contributed by atoms with Gasteiger partial charge in [-0.2, -0.15) is 26.3 Å². The molecule has 0 heterocycles. The van der Waals surface area contributed by atoms with Gasteiger partial charge in [0.1, 0.15) is 5.78 Å². The summed E-state index contributed by atoms with van der Waals surface area (Å²) in [6.45, 7) is 1.42. The largest absolute Gasteiger partial charge is 0.416 e. The fourth-order valence-electron chi connectivity index (χ4n) is 2.22. The summed E-state index contributed by atoms with van der Waals surface area (Å²) in [5, 5.41) is 0. The molecular weight excluding hydrogens is 350 g/mol. The van der Waals surface area contributed by atoms with E-state index < -0.39 is 23.5 Å². The van der Waals surface area contributed by atoms with Gasteiger partial charge in [-0.3, -0.25) is 0 Å². The summed E-state index contributed by atoms with van der Waals surface area (Å²) in [4.78, 5) is 10.7. The van der Waals surface area contributed by atoms with Gasteiger partial charge in [0, 0.05) is 13.0 Å². The highest BCUT2D eigenvalue weighted by Crippen LogP contribution is 2.36. The Balaban J connectivity index is 2.54. The first-order valence-corrected chi connectivity index (χ1v) is 7.85. The summed E-state index contributed by atoms with van der Waals surface area (Å²) in [7, 11) is 0. The standard InChI is InChI=1S/C17H20F6O2/c1-12(24)6-4-2-3-5-7-25-11-13-8-14(16(18,19)20)10-15(9-13)17(21,22)23/h8-10H,2-7,11H2,1H3. The van der Waals surface area contributed by atoms with Crippen molar-refractivity contribution < 1.29 is 35.9 Å². The topological polar surface area (TPSA) is 26.3 Å². The third-order valence-electron chi connectivity index (χ3n) is 3.48. The van der Waals surface area contributed by atoms with E-state index in [0.29, 0.717) is 25.0 Å². The molecular formula is C17H20F6O2. The van der Waals surface area contributed by atoms with Crippen LogP contribution in [0.3, 0.4) is 0 Å². The maximum atomic E-state index is 12.7. The van der Waals surface area contributed by atoms with E-state index in [9.17, 15) is 31.1 Å². The van der Waals surface area contributed by atoms with Crippen molar-refractivity contribution >= 4 is 5.78 Å². The van der Waals surface area contributed by atoms with Crippen LogP contribution in [-0.4, -0.2) is 12.4 Å². The summed E-state index contributed by atoms with van der Waals surface area (Å²) in [6.07, 6.45) is -6.21. The highest BCUT2D eigenvalue weighted by molar-refractivity contribution is 5.75. The van der Waals surface area contributed by atoms with Gasteiger partial charge in [0.05, 0.1) is 17.7 Å². The molecule has 1 rings (SSSR count). The maximum Gasteiger partial charge on any atom is 0.416 e. The van der Waals surface area contributed by atoms with Gasteiger partial charge in [-0.05, 0) is 43.5 Å². The number of hydrogen-bond acceptors (Lipinski definition) is 2. The van der Waals surface area contributed by atoms with Crippen LogP contribution in [0.1, 0.15) is 55.7 Å². The first kappa shape index (κ1) is 21.5. The molecule has 0 aliphatic carbocycles. The zero-order valence-corrected chi connectivity index (χ0v) is 13.8. The van der Waals surface area contributed by atoms with Gasteiger partial charge in [-0.1, -0.05) is 12.8 Å². The lowest BCUT2D eigenvalue weighted by Crippen LogP contribution is -2.12. The predicted molar refractivity (Wildman–Crippen MR) is 79.9 cm³/mol. The van der Waals surface area contributed by atoms with Crippen LogP contribution in [0.25, 0.3) is 0 Å². The Bertz CT molecular complexity index is 531. The van der Waals surface area contributed by atoms with Crippen molar-refractivity contribution in [2.24, 2.45) is 0 Å². The summed E-state index contributed by atoms with van der Waals surface area (Å²) >= 11 is 0. The molecule has 0 N–H and O–H groups in total. The van der Waals surface area contributed by atoms with Crippen LogP contribution < -0.4 is 0 Å². The summed E-state index contributed by atoms with van der Waals surface area (Å²) in [5.74, 6) is 0.112. The van der Waals surface area contributed by atoms with Crippen molar-refractivity contribution in [3.63, 3.8) is 0 Å². The molecule has 1 aromatic rings. The number of ether oxygens (including phenoxy) is 1. The van der Waals surface area contributed by atoms with Crippen LogP contribution in [-0.2, 0) is 28.5 Å². The Labute approximate surface area is 142 Å². The number of unbranched alkanes of at least 4 members (excludes halogenated alkanes) is 3. The summed E-state index contributed by atoms with van der Waals surface area (Å²) < 4.78 is 81.5. The smallest absolute Gasteiger partial charge is 0.377 e. The Kier molecular flexibility index (Phi) is 7.92. The Morgan fingerprint density at radius 2 is 1.40 bits per heavy atom. The monoisotopic (exact) mass is 370 g/mol. The molecule has 0 unspecified atom stereocenters. The first-order valence-electron chi connectivity index (χ1n) is 7.85. The van der Waals surface area contributed by atoms with Gasteiger partial charge in [-0.15, -0.1) is 0 Å². The van der Waals surface area contributed by atoms with Crippen LogP contribution >= 0.6 is 0 Å². The van der Waals surface area contributed by atoms with Crippen molar-refractivity contribution in [3.8, 4) is 0 Å². The SMILES string of the molecule is CC(=O)CCCCCCOCc1cc(C(F)(F)F)cc(C(F)(F)F)c1. The molecule has 1 aromatic carbocycles. The van der Waals surface area contributed by atoms with Gasteiger partial charge in [0.25, 0.3) is 0 Å². The summed E-state index contributed by atoms with van der Waals surface area (Å²) in [6, 6.07) is 1.43. The molecule has 0 radical (unpaired) electrons. The molecule has 0 aromatic heterocycles. The van der Waals surface area contributed by atoms with Crippen LogP contribution in [0.4, 0.5) is 26.3 Å². The van der Waals surface area contributed by atoms with E-state index >= 15 is 0 Å². The molecule has 2 nitrogen and oxygen atoms in total. The van der Waals surface area contributed by atoms with E-state index in [0.717, 1.165) is 19.3 Å². The molecule has 0 aliphatic heterocycles. The molecule has 25 heavy (non-hydrogen) atoms. The van der Waals surface area contributed by atoms with E-state index in [-0.39, 0.29) is 30.6 Å². The number of benzene rings is 1. The first-order chi connectivity index (χ1) is 11.5. The fraction of sp³-hybridized carbons (Fsp3) is 0.588. The van der Waals surface area contributed by atoms with Gasteiger partial charge in [0.15, 0.2) is 0 Å². The van der Waals surface area contributed by atoms with E-state index in [4.69, 9.17) is 4.74 Å². The number of halogens is 6. The minimum absolute atomic E-state index is 0.0958. The van der Waals surface area contributed by atoms with Gasteiger partial charge in [0.2, 0.25) is 0 Å². The van der Waals surface area contributed by atoms with Crippen LogP contribution in [0.5, 0.6) is 0 Å². The highest BCUT2D eigenvalue weighted by Gasteiger charge is 2.36. The lowest BCUT2D eigenvalue weighted by Gasteiger charge is -2.14. The van der Waals surface area contributed by atoms with Gasteiger partial charge >= 0.3 is 12.4 Å².